The van der Waals surface area contributed by atoms with Gasteiger partial charge in [-0.2, -0.15) is 0 Å². The first-order chi connectivity index (χ1) is 11.6. The lowest BCUT2D eigenvalue weighted by Crippen LogP contribution is -2.54. The molecular formula is C18H30N4O2. The highest BCUT2D eigenvalue weighted by Crippen LogP contribution is 2.15. The van der Waals surface area contributed by atoms with Crippen LogP contribution in [0.25, 0.3) is 0 Å². The van der Waals surface area contributed by atoms with Gasteiger partial charge in [0.05, 0.1) is 18.3 Å². The first kappa shape index (κ1) is 17.4. The molecule has 134 valence electrons. The molecule has 0 saturated carbocycles. The van der Waals surface area contributed by atoms with Gasteiger partial charge in [0.1, 0.15) is 0 Å². The molecule has 1 aromatic heterocycles. The second kappa shape index (κ2) is 8.12. The maximum absolute atomic E-state index is 12.8. The van der Waals surface area contributed by atoms with Crippen molar-refractivity contribution in [2.45, 2.75) is 52.1 Å². The van der Waals surface area contributed by atoms with Crippen molar-refractivity contribution in [2.24, 2.45) is 0 Å². The zero-order valence-corrected chi connectivity index (χ0v) is 15.0. The van der Waals surface area contributed by atoms with Crippen LogP contribution in [-0.4, -0.2) is 71.1 Å². The van der Waals surface area contributed by atoms with Crippen LogP contribution in [-0.2, 0) is 11.3 Å². The predicted octanol–water partition coefficient (Wildman–Crippen LogP) is 1.89. The van der Waals surface area contributed by atoms with Crippen molar-refractivity contribution in [1.29, 1.82) is 0 Å². The maximum atomic E-state index is 12.8. The number of carbonyl (C=O) groups is 1. The van der Waals surface area contributed by atoms with E-state index in [1.807, 2.05) is 13.0 Å². The van der Waals surface area contributed by atoms with Gasteiger partial charge in [0.2, 0.25) is 5.91 Å². The van der Waals surface area contributed by atoms with Gasteiger partial charge in [0.15, 0.2) is 5.76 Å². The predicted molar refractivity (Wildman–Crippen MR) is 92.6 cm³/mol. The normalized spacial score (nSPS) is 22.3. The Kier molecular flexibility index (Phi) is 5.89. The van der Waals surface area contributed by atoms with Crippen molar-refractivity contribution in [3.05, 3.63) is 17.5 Å². The molecule has 3 rings (SSSR count). The second-order valence-electron chi connectivity index (χ2n) is 7.16. The molecule has 2 fully saturated rings. The Morgan fingerprint density at radius 2 is 1.79 bits per heavy atom. The summed E-state index contributed by atoms with van der Waals surface area (Å²) in [4.78, 5) is 19.6. The molecule has 0 N–H and O–H groups in total. The van der Waals surface area contributed by atoms with Crippen LogP contribution in [0.3, 0.4) is 0 Å². The average Bonchev–Trinajstić information content (AvgIpc) is 2.84. The number of carbonyl (C=O) groups excluding carboxylic acids is 1. The fourth-order valence-electron chi connectivity index (χ4n) is 3.73. The van der Waals surface area contributed by atoms with E-state index in [0.29, 0.717) is 5.91 Å². The number of hydrogen-bond donors (Lipinski definition) is 0. The zero-order valence-electron chi connectivity index (χ0n) is 15.0. The zero-order chi connectivity index (χ0) is 16.9. The van der Waals surface area contributed by atoms with Gasteiger partial charge in [-0.15, -0.1) is 0 Å². The number of likely N-dealkylation sites (tertiary alicyclic amines) is 1. The first-order valence-electron chi connectivity index (χ1n) is 9.31. The second-order valence-corrected chi connectivity index (χ2v) is 7.16. The molecule has 0 aromatic carbocycles. The van der Waals surface area contributed by atoms with E-state index < -0.39 is 0 Å². The molecule has 1 unspecified atom stereocenters. The minimum atomic E-state index is -0.00206. The van der Waals surface area contributed by atoms with Crippen molar-refractivity contribution >= 4 is 5.91 Å². The number of nitrogens with zero attached hydrogens (tertiary/aromatic N) is 4. The SMILES string of the molecule is Cc1cc(CN2CCN(C(C)C(=O)N3CCCCCC3)CC2)on1. The highest BCUT2D eigenvalue weighted by molar-refractivity contribution is 5.81. The number of amides is 1. The summed E-state index contributed by atoms with van der Waals surface area (Å²) in [5.41, 5.74) is 0.931. The van der Waals surface area contributed by atoms with Gasteiger partial charge in [-0.1, -0.05) is 18.0 Å². The fourth-order valence-corrected chi connectivity index (χ4v) is 3.73. The monoisotopic (exact) mass is 334 g/mol. The number of aromatic nitrogens is 1. The summed E-state index contributed by atoms with van der Waals surface area (Å²) >= 11 is 0. The van der Waals surface area contributed by atoms with Crippen molar-refractivity contribution in [3.63, 3.8) is 0 Å². The van der Waals surface area contributed by atoms with Gasteiger partial charge in [0.25, 0.3) is 0 Å². The van der Waals surface area contributed by atoms with Gasteiger partial charge in [-0.3, -0.25) is 14.6 Å². The molecule has 0 aliphatic carbocycles. The molecular weight excluding hydrogens is 304 g/mol. The highest BCUT2D eigenvalue weighted by atomic mass is 16.5. The van der Waals surface area contributed by atoms with E-state index in [1.54, 1.807) is 0 Å². The summed E-state index contributed by atoms with van der Waals surface area (Å²) in [6.07, 6.45) is 4.83. The molecule has 2 saturated heterocycles. The van der Waals surface area contributed by atoms with Crippen LogP contribution in [0.4, 0.5) is 0 Å². The number of rotatable bonds is 4. The van der Waals surface area contributed by atoms with E-state index in [2.05, 4.69) is 26.8 Å². The Balaban J connectivity index is 1.47. The lowest BCUT2D eigenvalue weighted by atomic mass is 10.2. The minimum Gasteiger partial charge on any atom is -0.360 e. The molecule has 2 aliphatic heterocycles. The number of aryl methyl sites for hydroxylation is 1. The Bertz CT molecular complexity index is 529. The molecule has 1 atom stereocenters. The Morgan fingerprint density at radius 1 is 1.12 bits per heavy atom. The van der Waals surface area contributed by atoms with Crippen molar-refractivity contribution in [1.82, 2.24) is 19.9 Å². The lowest BCUT2D eigenvalue weighted by molar-refractivity contribution is -0.137. The summed E-state index contributed by atoms with van der Waals surface area (Å²) < 4.78 is 5.30. The molecule has 6 heteroatoms. The van der Waals surface area contributed by atoms with Crippen molar-refractivity contribution in [3.8, 4) is 0 Å². The van der Waals surface area contributed by atoms with Crippen LogP contribution in [0.2, 0.25) is 0 Å². The maximum Gasteiger partial charge on any atom is 0.239 e. The standard InChI is InChI=1S/C18H30N4O2/c1-15-13-17(24-19-15)14-20-9-11-21(12-10-20)16(2)18(23)22-7-5-3-4-6-8-22/h13,16H,3-12,14H2,1-2H3. The summed E-state index contributed by atoms with van der Waals surface area (Å²) in [5.74, 6) is 1.24. The quantitative estimate of drug-likeness (QED) is 0.842. The molecule has 6 nitrogen and oxygen atoms in total. The molecule has 1 amide bonds. The largest absolute Gasteiger partial charge is 0.360 e. The molecule has 3 heterocycles. The molecule has 1 aromatic rings. The Labute approximate surface area is 144 Å². The third kappa shape index (κ3) is 4.36. The molecule has 0 spiro atoms. The van der Waals surface area contributed by atoms with E-state index in [-0.39, 0.29) is 6.04 Å². The van der Waals surface area contributed by atoms with Crippen LogP contribution in [0.15, 0.2) is 10.6 Å². The fraction of sp³-hybridized carbons (Fsp3) is 0.778. The third-order valence-corrected chi connectivity index (χ3v) is 5.29. The van der Waals surface area contributed by atoms with Gasteiger partial charge in [-0.05, 0) is 26.7 Å². The van der Waals surface area contributed by atoms with Crippen LogP contribution >= 0.6 is 0 Å². The summed E-state index contributed by atoms with van der Waals surface area (Å²) in [6.45, 7) is 10.5. The Hall–Kier alpha value is -1.40. The van der Waals surface area contributed by atoms with Gasteiger partial charge in [-0.25, -0.2) is 0 Å². The summed E-state index contributed by atoms with van der Waals surface area (Å²) in [7, 11) is 0. The summed E-state index contributed by atoms with van der Waals surface area (Å²) in [6, 6.07) is 2.00. The van der Waals surface area contributed by atoms with Crippen LogP contribution in [0, 0.1) is 6.92 Å². The van der Waals surface area contributed by atoms with Crippen LogP contribution in [0.5, 0.6) is 0 Å². The number of hydrogen-bond acceptors (Lipinski definition) is 5. The third-order valence-electron chi connectivity index (χ3n) is 5.29. The van der Waals surface area contributed by atoms with E-state index in [1.165, 1.54) is 12.8 Å². The highest BCUT2D eigenvalue weighted by Gasteiger charge is 2.29. The topological polar surface area (TPSA) is 52.8 Å². The van der Waals surface area contributed by atoms with E-state index in [9.17, 15) is 4.79 Å². The molecule has 24 heavy (non-hydrogen) atoms. The average molecular weight is 334 g/mol. The summed E-state index contributed by atoms with van der Waals surface area (Å²) in [5, 5.41) is 3.95. The molecule has 2 aliphatic rings. The van der Waals surface area contributed by atoms with Gasteiger partial charge in [0, 0.05) is 45.3 Å². The molecule has 0 radical (unpaired) electrons. The van der Waals surface area contributed by atoms with Crippen LogP contribution in [0.1, 0.15) is 44.1 Å². The molecule has 0 bridgehead atoms. The Morgan fingerprint density at radius 3 is 2.38 bits per heavy atom. The van der Waals surface area contributed by atoms with E-state index in [4.69, 9.17) is 4.52 Å². The lowest BCUT2D eigenvalue weighted by Gasteiger charge is -2.38. The van der Waals surface area contributed by atoms with Crippen molar-refractivity contribution < 1.29 is 9.32 Å². The smallest absolute Gasteiger partial charge is 0.239 e. The van der Waals surface area contributed by atoms with Gasteiger partial charge < -0.3 is 9.42 Å². The minimum absolute atomic E-state index is 0.00206. The van der Waals surface area contributed by atoms with Crippen molar-refractivity contribution in [2.75, 3.05) is 39.3 Å². The van der Waals surface area contributed by atoms with Crippen LogP contribution < -0.4 is 0 Å². The first-order valence-corrected chi connectivity index (χ1v) is 9.31. The van der Waals surface area contributed by atoms with E-state index >= 15 is 0 Å². The number of piperazine rings is 1. The van der Waals surface area contributed by atoms with E-state index in [0.717, 1.165) is 70.1 Å². The van der Waals surface area contributed by atoms with Gasteiger partial charge >= 0.3 is 0 Å².